The molecule has 0 bridgehead atoms. The first-order chi connectivity index (χ1) is 14.6. The van der Waals surface area contributed by atoms with Crippen LogP contribution in [0.2, 0.25) is 0 Å². The van der Waals surface area contributed by atoms with Crippen LogP contribution in [0.5, 0.6) is 0 Å². The van der Waals surface area contributed by atoms with Crippen LogP contribution in [0.25, 0.3) is 0 Å². The quantitative estimate of drug-likeness (QED) is 0.330. The Hall–Kier alpha value is -2.17. The number of carbonyl (C=O) groups excluding carboxylic acids is 3. The largest absolute Gasteiger partial charge is 0.352 e. The Morgan fingerprint density at radius 1 is 0.871 bits per heavy atom. The van der Waals surface area contributed by atoms with Gasteiger partial charge in [-0.2, -0.15) is 0 Å². The molecule has 0 aliphatic rings. The second kappa shape index (κ2) is 24.1. The summed E-state index contributed by atoms with van der Waals surface area (Å²) in [7, 11) is 0. The number of nitrogens with zero attached hydrogens (tertiary/aromatic N) is 1. The molecule has 2 atom stereocenters. The van der Waals surface area contributed by atoms with E-state index in [9.17, 15) is 14.4 Å². The molecule has 0 fully saturated rings. The molecule has 0 aliphatic carbocycles. The molecule has 0 aromatic heterocycles. The van der Waals surface area contributed by atoms with Gasteiger partial charge in [-0.15, -0.1) is 0 Å². The van der Waals surface area contributed by atoms with Gasteiger partial charge in [-0.05, 0) is 33.1 Å². The number of rotatable bonds is 10. The minimum atomic E-state index is -0.689. The van der Waals surface area contributed by atoms with Crippen molar-refractivity contribution in [2.24, 2.45) is 5.92 Å². The van der Waals surface area contributed by atoms with Gasteiger partial charge in [0.05, 0.1) is 0 Å². The monoisotopic (exact) mass is 438 g/mol. The number of amides is 2. The van der Waals surface area contributed by atoms with Crippen molar-refractivity contribution in [1.29, 1.82) is 0 Å². The van der Waals surface area contributed by atoms with Crippen LogP contribution in [-0.4, -0.2) is 40.6 Å². The molecule has 0 aromatic carbocycles. The fourth-order valence-electron chi connectivity index (χ4n) is 2.51. The summed E-state index contributed by atoms with van der Waals surface area (Å²) >= 11 is 0. The lowest BCUT2D eigenvalue weighted by Gasteiger charge is -2.37. The number of nitrogens with one attached hydrogen (secondary N) is 1. The van der Waals surface area contributed by atoms with E-state index in [2.05, 4.69) is 11.9 Å². The first-order valence-corrected chi connectivity index (χ1v) is 11.7. The fourth-order valence-corrected chi connectivity index (χ4v) is 2.51. The van der Waals surface area contributed by atoms with Crippen molar-refractivity contribution in [3.8, 4) is 0 Å². The summed E-state index contributed by atoms with van der Waals surface area (Å²) in [5.74, 6) is -1.54. The van der Waals surface area contributed by atoms with Crippen LogP contribution < -0.4 is 5.32 Å². The Kier molecular flexibility index (Phi) is 28.2. The zero-order valence-corrected chi connectivity index (χ0v) is 22.3. The van der Waals surface area contributed by atoms with Gasteiger partial charge in [0.2, 0.25) is 11.7 Å². The third-order valence-electron chi connectivity index (χ3n) is 3.61. The van der Waals surface area contributed by atoms with Gasteiger partial charge in [0, 0.05) is 19.0 Å². The lowest BCUT2D eigenvalue weighted by atomic mass is 9.97. The average Bonchev–Trinajstić information content (AvgIpc) is 2.74. The maximum Gasteiger partial charge on any atom is 0.290 e. The van der Waals surface area contributed by atoms with Crippen molar-refractivity contribution >= 4 is 17.6 Å². The molecular formula is C26H50N2O3. The van der Waals surface area contributed by atoms with Gasteiger partial charge < -0.3 is 10.2 Å². The van der Waals surface area contributed by atoms with Crippen LogP contribution in [0, 0.1) is 5.92 Å². The molecule has 0 spiro atoms. The van der Waals surface area contributed by atoms with Crippen molar-refractivity contribution in [1.82, 2.24) is 10.2 Å². The molecule has 0 saturated heterocycles. The number of allylic oxidation sites excluding steroid dienone is 4. The van der Waals surface area contributed by atoms with E-state index in [0.717, 1.165) is 0 Å². The second-order valence-corrected chi connectivity index (χ2v) is 6.75. The fraction of sp³-hybridized carbons (Fsp3) is 0.654. The van der Waals surface area contributed by atoms with Crippen LogP contribution in [0.1, 0.15) is 89.5 Å². The van der Waals surface area contributed by atoms with Gasteiger partial charge in [0.25, 0.3) is 5.91 Å². The highest BCUT2D eigenvalue weighted by Crippen LogP contribution is 2.18. The molecule has 5 heteroatoms. The van der Waals surface area contributed by atoms with E-state index in [1.807, 2.05) is 94.4 Å². The van der Waals surface area contributed by atoms with Gasteiger partial charge in [-0.25, -0.2) is 0 Å². The topological polar surface area (TPSA) is 66.5 Å². The van der Waals surface area contributed by atoms with E-state index < -0.39 is 17.7 Å². The van der Waals surface area contributed by atoms with Crippen LogP contribution in [0.3, 0.4) is 0 Å². The third-order valence-corrected chi connectivity index (χ3v) is 3.61. The van der Waals surface area contributed by atoms with Crippen molar-refractivity contribution < 1.29 is 14.4 Å². The second-order valence-electron chi connectivity index (χ2n) is 6.75. The summed E-state index contributed by atoms with van der Waals surface area (Å²) < 4.78 is 0. The third kappa shape index (κ3) is 17.2. The Morgan fingerprint density at radius 3 is 1.71 bits per heavy atom. The Morgan fingerprint density at radius 2 is 1.35 bits per heavy atom. The Balaban J connectivity index is -0.000000554. The molecule has 5 nitrogen and oxygen atoms in total. The maximum absolute atomic E-state index is 12.6. The summed E-state index contributed by atoms with van der Waals surface area (Å²) in [6.07, 6.45) is 9.61. The zero-order valence-electron chi connectivity index (χ0n) is 22.3. The lowest BCUT2D eigenvalue weighted by molar-refractivity contribution is -0.151. The predicted octanol–water partition coefficient (Wildman–Crippen LogP) is 6.11. The first kappa shape index (κ1) is 36.2. The highest BCUT2D eigenvalue weighted by atomic mass is 16.2. The van der Waals surface area contributed by atoms with Gasteiger partial charge in [0.1, 0.15) is 6.04 Å². The SMILES string of the molecule is C=C/C=C\C=C/CC(C)N(C(=O)C(C)=O)[C@H](C(=O)NC(C)C)C(C)C.CC.CC.CC. The normalized spacial score (nSPS) is 11.9. The molecule has 1 unspecified atom stereocenters. The van der Waals surface area contributed by atoms with Gasteiger partial charge in [-0.3, -0.25) is 14.4 Å². The van der Waals surface area contributed by atoms with Crippen LogP contribution >= 0.6 is 0 Å². The molecular weight excluding hydrogens is 388 g/mol. The molecule has 0 aromatic rings. The molecule has 2 amide bonds. The molecule has 0 radical (unpaired) electrons. The number of hydrogen-bond donors (Lipinski definition) is 1. The van der Waals surface area contributed by atoms with Crippen LogP contribution in [-0.2, 0) is 14.4 Å². The molecule has 1 N–H and O–H groups in total. The van der Waals surface area contributed by atoms with E-state index in [-0.39, 0.29) is 23.9 Å². The molecule has 0 aliphatic heterocycles. The highest BCUT2D eigenvalue weighted by molar-refractivity contribution is 6.35. The molecule has 0 heterocycles. The van der Waals surface area contributed by atoms with E-state index in [1.165, 1.54) is 11.8 Å². The minimum Gasteiger partial charge on any atom is -0.352 e. The maximum atomic E-state index is 12.6. The number of hydrogen-bond acceptors (Lipinski definition) is 3. The van der Waals surface area contributed by atoms with Crippen molar-refractivity contribution in [2.75, 3.05) is 0 Å². The summed E-state index contributed by atoms with van der Waals surface area (Å²) in [6.45, 7) is 26.2. The average molecular weight is 439 g/mol. The standard InChI is InChI=1S/C20H32N2O3.3C2H6/c1-8-9-10-11-12-13-16(6)22(20(25)17(7)23)18(14(2)3)19(24)21-15(4)5;3*1-2/h8-12,14-16,18H,1,13H2,2-7H3,(H,21,24);3*1-2H3/b10-9-,12-11-;;;/t16?,18-;;;/m0.../s1. The Bertz CT molecular complexity index is 535. The molecule has 182 valence electrons. The molecule has 0 rings (SSSR count). The minimum absolute atomic E-state index is 0.0396. The highest BCUT2D eigenvalue weighted by Gasteiger charge is 2.36. The van der Waals surface area contributed by atoms with Crippen molar-refractivity contribution in [2.45, 2.75) is 108 Å². The van der Waals surface area contributed by atoms with Crippen molar-refractivity contribution in [3.63, 3.8) is 0 Å². The zero-order chi connectivity index (χ0) is 25.6. The van der Waals surface area contributed by atoms with Crippen LogP contribution in [0.15, 0.2) is 37.0 Å². The molecule has 0 saturated carbocycles. The van der Waals surface area contributed by atoms with Crippen LogP contribution in [0.4, 0.5) is 0 Å². The van der Waals surface area contributed by atoms with Crippen molar-refractivity contribution in [3.05, 3.63) is 37.0 Å². The predicted molar refractivity (Wildman–Crippen MR) is 136 cm³/mol. The van der Waals surface area contributed by atoms with E-state index in [0.29, 0.717) is 6.42 Å². The van der Waals surface area contributed by atoms with Gasteiger partial charge in [-0.1, -0.05) is 92.3 Å². The summed E-state index contributed by atoms with van der Waals surface area (Å²) in [4.78, 5) is 38.3. The summed E-state index contributed by atoms with van der Waals surface area (Å²) in [6, 6.07) is -1.01. The Labute approximate surface area is 193 Å². The van der Waals surface area contributed by atoms with Gasteiger partial charge >= 0.3 is 0 Å². The first-order valence-electron chi connectivity index (χ1n) is 11.7. The van der Waals surface area contributed by atoms with E-state index >= 15 is 0 Å². The number of ketones is 1. The summed E-state index contributed by atoms with van der Waals surface area (Å²) in [5, 5.41) is 2.85. The van der Waals surface area contributed by atoms with E-state index in [4.69, 9.17) is 0 Å². The van der Waals surface area contributed by atoms with E-state index in [1.54, 1.807) is 12.2 Å². The lowest BCUT2D eigenvalue weighted by Crippen LogP contribution is -2.57. The number of Topliss-reactive ketones (excluding diaryl/α,β-unsaturated/α-hetero) is 1. The molecule has 31 heavy (non-hydrogen) atoms. The smallest absolute Gasteiger partial charge is 0.290 e. The number of carbonyl (C=O) groups is 3. The summed E-state index contributed by atoms with van der Waals surface area (Å²) in [5.41, 5.74) is 0. The van der Waals surface area contributed by atoms with Gasteiger partial charge in [0.15, 0.2) is 0 Å².